The number of anilines is 1. The third-order valence-electron chi connectivity index (χ3n) is 2.44. The first-order valence-electron chi connectivity index (χ1n) is 7.09. The van der Waals surface area contributed by atoms with Crippen molar-refractivity contribution in [1.82, 2.24) is 4.98 Å². The summed E-state index contributed by atoms with van der Waals surface area (Å²) in [7, 11) is 0. The summed E-state index contributed by atoms with van der Waals surface area (Å²) in [6.45, 7) is 7.90. The number of nitrogens with zero attached hydrogens (tertiary/aromatic N) is 2. The van der Waals surface area contributed by atoms with Crippen molar-refractivity contribution in [3.63, 3.8) is 0 Å². The molecule has 6 heteroatoms. The second-order valence-electron chi connectivity index (χ2n) is 5.01. The van der Waals surface area contributed by atoms with E-state index in [9.17, 15) is 5.11 Å². The third-order valence-corrected chi connectivity index (χ3v) is 3.23. The second kappa shape index (κ2) is 9.78. The number of aliphatic hydroxyl groups excluding tert-OH is 2. The molecule has 0 unspecified atom stereocenters. The van der Waals surface area contributed by atoms with Gasteiger partial charge in [0.25, 0.3) is 0 Å². The van der Waals surface area contributed by atoms with Gasteiger partial charge in [-0.15, -0.1) is 11.3 Å². The zero-order valence-electron chi connectivity index (χ0n) is 13.0. The predicted octanol–water partition coefficient (Wildman–Crippen LogP) is 4.23. The minimum atomic E-state index is 0.110. The molecule has 22 heavy (non-hydrogen) atoms. The monoisotopic (exact) mass is 321 g/mol. The first-order chi connectivity index (χ1) is 10.5. The molecule has 0 radical (unpaired) electrons. The molecule has 0 spiro atoms. The Bertz CT molecular complexity index is 559. The standard InChI is InChI=1S/C16H23N3O2S/c1-12(2)18-16-19-14(11-22-16)10-17-9-8-15(21)7-5-4-6-13(3)20/h4-5,8,10-12,20-21H,3,6-7,9H2,1-2H3,(H,18,19)/b5-4-,15-8+,17-10?. The Morgan fingerprint density at radius 3 is 2.82 bits per heavy atom. The molecule has 1 heterocycles. The largest absolute Gasteiger partial charge is 0.513 e. The van der Waals surface area contributed by atoms with Crippen molar-refractivity contribution in [3.8, 4) is 0 Å². The van der Waals surface area contributed by atoms with Gasteiger partial charge < -0.3 is 15.5 Å². The summed E-state index contributed by atoms with van der Waals surface area (Å²) in [4.78, 5) is 8.58. The lowest BCUT2D eigenvalue weighted by Gasteiger charge is -2.03. The van der Waals surface area contributed by atoms with Gasteiger partial charge in [0.1, 0.15) is 0 Å². The number of hydrogen-bond donors (Lipinski definition) is 3. The van der Waals surface area contributed by atoms with Crippen LogP contribution in [0, 0.1) is 0 Å². The van der Waals surface area contributed by atoms with Gasteiger partial charge in [-0.25, -0.2) is 4.98 Å². The van der Waals surface area contributed by atoms with Crippen LogP contribution in [-0.4, -0.2) is 34.0 Å². The maximum Gasteiger partial charge on any atom is 0.183 e. The van der Waals surface area contributed by atoms with Gasteiger partial charge in [-0.05, 0) is 19.9 Å². The Kier molecular flexibility index (Phi) is 7.99. The Labute approximate surface area is 135 Å². The molecule has 0 fully saturated rings. The van der Waals surface area contributed by atoms with E-state index in [0.717, 1.165) is 10.8 Å². The van der Waals surface area contributed by atoms with Crippen molar-refractivity contribution in [3.05, 3.63) is 47.4 Å². The van der Waals surface area contributed by atoms with Crippen LogP contribution < -0.4 is 5.32 Å². The molecule has 1 aromatic heterocycles. The molecule has 0 aliphatic carbocycles. The zero-order chi connectivity index (χ0) is 16.4. The molecule has 0 atom stereocenters. The van der Waals surface area contributed by atoms with E-state index in [2.05, 4.69) is 35.7 Å². The number of rotatable bonds is 9. The zero-order valence-corrected chi connectivity index (χ0v) is 13.8. The summed E-state index contributed by atoms with van der Waals surface area (Å²) in [5.41, 5.74) is 0.808. The Hall–Kier alpha value is -2.08. The van der Waals surface area contributed by atoms with E-state index in [-0.39, 0.29) is 11.5 Å². The van der Waals surface area contributed by atoms with E-state index in [1.54, 1.807) is 35.8 Å². The summed E-state index contributed by atoms with van der Waals surface area (Å²) in [5.74, 6) is 0.358. The van der Waals surface area contributed by atoms with Crippen LogP contribution in [0.5, 0.6) is 0 Å². The summed E-state index contributed by atoms with van der Waals surface area (Å²) >= 11 is 1.54. The smallest absolute Gasteiger partial charge is 0.183 e. The van der Waals surface area contributed by atoms with Crippen molar-refractivity contribution in [2.24, 2.45) is 4.99 Å². The minimum Gasteiger partial charge on any atom is -0.513 e. The molecule has 0 aliphatic rings. The van der Waals surface area contributed by atoms with Crippen LogP contribution in [0.15, 0.2) is 46.7 Å². The molecule has 1 rings (SSSR count). The quantitative estimate of drug-likeness (QED) is 0.361. The summed E-state index contributed by atoms with van der Waals surface area (Å²) < 4.78 is 0. The summed E-state index contributed by atoms with van der Waals surface area (Å²) in [5, 5.41) is 24.6. The highest BCUT2D eigenvalue weighted by Gasteiger charge is 2.00. The van der Waals surface area contributed by atoms with Crippen LogP contribution in [0.2, 0.25) is 0 Å². The van der Waals surface area contributed by atoms with Crippen LogP contribution >= 0.6 is 11.3 Å². The normalized spacial score (nSPS) is 12.6. The molecule has 120 valence electrons. The van der Waals surface area contributed by atoms with Gasteiger partial charge in [-0.1, -0.05) is 18.7 Å². The Balaban J connectivity index is 2.35. The van der Waals surface area contributed by atoms with E-state index < -0.39 is 0 Å². The lowest BCUT2D eigenvalue weighted by Crippen LogP contribution is -2.09. The minimum absolute atomic E-state index is 0.110. The number of hydrogen-bond acceptors (Lipinski definition) is 6. The highest BCUT2D eigenvalue weighted by molar-refractivity contribution is 7.13. The summed E-state index contributed by atoms with van der Waals surface area (Å²) in [6.07, 6.45) is 7.70. The van der Waals surface area contributed by atoms with Gasteiger partial charge in [0.2, 0.25) is 0 Å². The van der Waals surface area contributed by atoms with Crippen LogP contribution in [0.4, 0.5) is 5.13 Å². The van der Waals surface area contributed by atoms with Gasteiger partial charge in [0.05, 0.1) is 23.8 Å². The van der Waals surface area contributed by atoms with Gasteiger partial charge in [-0.3, -0.25) is 4.99 Å². The highest BCUT2D eigenvalue weighted by atomic mass is 32.1. The van der Waals surface area contributed by atoms with Gasteiger partial charge in [0, 0.05) is 30.5 Å². The highest BCUT2D eigenvalue weighted by Crippen LogP contribution is 2.14. The number of aliphatic imine (C=N–C) groups is 1. The number of allylic oxidation sites excluding steroid dienone is 2. The van der Waals surface area contributed by atoms with Crippen molar-refractivity contribution in [2.75, 3.05) is 11.9 Å². The molecule has 1 aromatic rings. The second-order valence-corrected chi connectivity index (χ2v) is 5.87. The van der Waals surface area contributed by atoms with E-state index in [1.165, 1.54) is 0 Å². The Morgan fingerprint density at radius 2 is 2.14 bits per heavy atom. The summed E-state index contributed by atoms with van der Waals surface area (Å²) in [6, 6.07) is 0.354. The molecule has 0 amide bonds. The predicted molar refractivity (Wildman–Crippen MR) is 94.2 cm³/mol. The first kappa shape index (κ1) is 18.0. The van der Waals surface area contributed by atoms with Crippen molar-refractivity contribution < 1.29 is 10.2 Å². The molecule has 0 bridgehead atoms. The van der Waals surface area contributed by atoms with Gasteiger partial charge in [-0.2, -0.15) is 0 Å². The van der Waals surface area contributed by atoms with E-state index in [4.69, 9.17) is 5.11 Å². The van der Waals surface area contributed by atoms with E-state index in [1.807, 2.05) is 5.38 Å². The number of aliphatic hydroxyl groups is 2. The van der Waals surface area contributed by atoms with E-state index >= 15 is 0 Å². The van der Waals surface area contributed by atoms with Crippen LogP contribution in [0.3, 0.4) is 0 Å². The number of thiazole rings is 1. The molecular weight excluding hydrogens is 298 g/mol. The molecule has 0 aliphatic heterocycles. The maximum atomic E-state index is 9.64. The van der Waals surface area contributed by atoms with Crippen molar-refractivity contribution in [1.29, 1.82) is 0 Å². The SMILES string of the molecule is C=C(O)C/C=C\C/C(O)=C\CN=Cc1csc(NC(C)C)n1. The maximum absolute atomic E-state index is 9.64. The molecular formula is C16H23N3O2S. The van der Waals surface area contributed by atoms with Crippen LogP contribution in [-0.2, 0) is 0 Å². The fourth-order valence-electron chi connectivity index (χ4n) is 1.47. The average Bonchev–Trinajstić information content (AvgIpc) is 2.86. The van der Waals surface area contributed by atoms with Crippen LogP contribution in [0.25, 0.3) is 0 Å². The van der Waals surface area contributed by atoms with E-state index in [0.29, 0.717) is 25.4 Å². The van der Waals surface area contributed by atoms with Gasteiger partial charge in [0.15, 0.2) is 5.13 Å². The molecule has 0 saturated carbocycles. The molecule has 5 nitrogen and oxygen atoms in total. The molecule has 3 N–H and O–H groups in total. The molecule has 0 aromatic carbocycles. The lowest BCUT2D eigenvalue weighted by atomic mass is 10.2. The van der Waals surface area contributed by atoms with Crippen molar-refractivity contribution >= 4 is 22.7 Å². The van der Waals surface area contributed by atoms with Gasteiger partial charge >= 0.3 is 0 Å². The number of aromatic nitrogens is 1. The number of nitrogens with one attached hydrogen (secondary N) is 1. The van der Waals surface area contributed by atoms with Crippen molar-refractivity contribution in [2.45, 2.75) is 32.7 Å². The Morgan fingerprint density at radius 1 is 1.41 bits per heavy atom. The lowest BCUT2D eigenvalue weighted by molar-refractivity contribution is 0.397. The topological polar surface area (TPSA) is 77.7 Å². The average molecular weight is 321 g/mol. The fourth-order valence-corrected chi connectivity index (χ4v) is 2.28. The third kappa shape index (κ3) is 8.26. The first-order valence-corrected chi connectivity index (χ1v) is 7.97. The fraction of sp³-hybridized carbons (Fsp3) is 0.375. The molecule has 0 saturated heterocycles. The van der Waals surface area contributed by atoms with Crippen LogP contribution in [0.1, 0.15) is 32.4 Å².